The van der Waals surface area contributed by atoms with Gasteiger partial charge in [0, 0.05) is 32.7 Å². The topological polar surface area (TPSA) is 78.9 Å². The van der Waals surface area contributed by atoms with Crippen LogP contribution in [0.5, 0.6) is 5.75 Å². The molecule has 0 aromatic heterocycles. The van der Waals surface area contributed by atoms with Gasteiger partial charge in [-0.2, -0.15) is 0 Å². The summed E-state index contributed by atoms with van der Waals surface area (Å²) in [5.74, 6) is 0.372. The van der Waals surface area contributed by atoms with Crippen molar-refractivity contribution in [3.63, 3.8) is 0 Å². The largest absolute Gasteiger partial charge is 0.484 e. The molecule has 0 saturated carbocycles. The minimum atomic E-state index is -3.74. The molecule has 8 heteroatoms. The summed E-state index contributed by atoms with van der Waals surface area (Å²) in [5.41, 5.74) is 3.55. The lowest BCUT2D eigenvalue weighted by molar-refractivity contribution is -0.135. The normalized spacial score (nSPS) is 14.6. The fourth-order valence-electron chi connectivity index (χ4n) is 4.08. The van der Waals surface area contributed by atoms with Gasteiger partial charge in [-0.25, -0.2) is 8.42 Å². The molecular weight excluding hydrogens is 486 g/mol. The summed E-state index contributed by atoms with van der Waals surface area (Å²) in [6.45, 7) is 7.46. The van der Waals surface area contributed by atoms with Crippen LogP contribution in [0.1, 0.15) is 16.7 Å². The average molecular weight is 520 g/mol. The van der Waals surface area contributed by atoms with Crippen molar-refractivity contribution in [3.05, 3.63) is 95.6 Å². The van der Waals surface area contributed by atoms with E-state index in [1.165, 1.54) is 17.7 Å². The number of hydrogen-bond donors (Lipinski definition) is 1. The molecular formula is C29H33N3O4S. The Morgan fingerprint density at radius 3 is 2.35 bits per heavy atom. The molecule has 0 aliphatic carbocycles. The predicted molar refractivity (Wildman–Crippen MR) is 147 cm³/mol. The van der Waals surface area contributed by atoms with Crippen molar-refractivity contribution in [3.8, 4) is 5.75 Å². The Labute approximate surface area is 219 Å². The van der Waals surface area contributed by atoms with Crippen LogP contribution in [0.3, 0.4) is 0 Å². The Bertz CT molecular complexity index is 1330. The van der Waals surface area contributed by atoms with Crippen LogP contribution >= 0.6 is 0 Å². The molecule has 0 atom stereocenters. The Morgan fingerprint density at radius 1 is 0.946 bits per heavy atom. The number of nitrogens with zero attached hydrogens (tertiary/aromatic N) is 2. The highest BCUT2D eigenvalue weighted by Gasteiger charge is 2.21. The highest BCUT2D eigenvalue weighted by atomic mass is 32.2. The third-order valence-corrected chi connectivity index (χ3v) is 7.71. The van der Waals surface area contributed by atoms with E-state index in [1.54, 1.807) is 18.2 Å². The summed E-state index contributed by atoms with van der Waals surface area (Å²) < 4.78 is 33.9. The van der Waals surface area contributed by atoms with Crippen LogP contribution < -0.4 is 9.46 Å². The molecule has 4 rings (SSSR count). The van der Waals surface area contributed by atoms with E-state index in [2.05, 4.69) is 33.9 Å². The zero-order chi connectivity index (χ0) is 26.3. The molecule has 194 valence electrons. The smallest absolute Gasteiger partial charge is 0.261 e. The first kappa shape index (κ1) is 26.4. The van der Waals surface area contributed by atoms with E-state index >= 15 is 0 Å². The molecule has 1 aliphatic heterocycles. The minimum absolute atomic E-state index is 0.0761. The first-order valence-electron chi connectivity index (χ1n) is 12.3. The summed E-state index contributed by atoms with van der Waals surface area (Å²) in [6.07, 6.45) is 4.26. The molecule has 7 nitrogen and oxygen atoms in total. The number of aryl methyl sites for hydroxylation is 2. The van der Waals surface area contributed by atoms with E-state index in [-0.39, 0.29) is 17.4 Å². The lowest BCUT2D eigenvalue weighted by Crippen LogP contribution is -2.49. The molecule has 1 aliphatic rings. The number of anilines is 1. The maximum absolute atomic E-state index is 12.8. The number of carbonyl (C=O) groups is 1. The summed E-state index contributed by atoms with van der Waals surface area (Å²) in [4.78, 5) is 16.9. The van der Waals surface area contributed by atoms with Gasteiger partial charge in [0.15, 0.2) is 6.61 Å². The maximum atomic E-state index is 12.8. The molecule has 1 saturated heterocycles. The van der Waals surface area contributed by atoms with Crippen LogP contribution in [0.25, 0.3) is 6.08 Å². The monoisotopic (exact) mass is 519 g/mol. The van der Waals surface area contributed by atoms with Crippen molar-refractivity contribution < 1.29 is 17.9 Å². The van der Waals surface area contributed by atoms with Crippen LogP contribution in [0.15, 0.2) is 83.8 Å². The number of amides is 1. The Morgan fingerprint density at radius 2 is 1.65 bits per heavy atom. The van der Waals surface area contributed by atoms with E-state index in [0.717, 1.165) is 30.8 Å². The number of hydrogen-bond acceptors (Lipinski definition) is 5. The predicted octanol–water partition coefficient (Wildman–Crippen LogP) is 4.34. The summed E-state index contributed by atoms with van der Waals surface area (Å²) in [7, 11) is -3.74. The molecule has 0 spiro atoms. The number of nitrogens with one attached hydrogen (secondary N) is 1. The molecule has 1 N–H and O–H groups in total. The van der Waals surface area contributed by atoms with Gasteiger partial charge >= 0.3 is 0 Å². The van der Waals surface area contributed by atoms with E-state index in [9.17, 15) is 13.2 Å². The Hall–Kier alpha value is -3.62. The second-order valence-corrected chi connectivity index (χ2v) is 10.9. The minimum Gasteiger partial charge on any atom is -0.484 e. The fraction of sp³-hybridized carbons (Fsp3) is 0.276. The van der Waals surface area contributed by atoms with Crippen LogP contribution in [-0.2, 0) is 14.8 Å². The van der Waals surface area contributed by atoms with Crippen molar-refractivity contribution in [2.75, 3.05) is 44.1 Å². The molecule has 1 fully saturated rings. The zero-order valence-corrected chi connectivity index (χ0v) is 22.1. The average Bonchev–Trinajstić information content (AvgIpc) is 2.90. The quantitative estimate of drug-likeness (QED) is 0.455. The van der Waals surface area contributed by atoms with E-state index in [4.69, 9.17) is 4.74 Å². The Balaban J connectivity index is 1.23. The van der Waals surface area contributed by atoms with Gasteiger partial charge in [-0.05, 0) is 60.9 Å². The highest BCUT2D eigenvalue weighted by Crippen LogP contribution is 2.22. The van der Waals surface area contributed by atoms with Gasteiger partial charge in [0.25, 0.3) is 15.9 Å². The number of rotatable bonds is 9. The molecule has 3 aromatic carbocycles. The first-order valence-corrected chi connectivity index (χ1v) is 13.8. The molecule has 37 heavy (non-hydrogen) atoms. The van der Waals surface area contributed by atoms with Gasteiger partial charge < -0.3 is 9.64 Å². The number of piperazine rings is 1. The second-order valence-electron chi connectivity index (χ2n) is 9.18. The SMILES string of the molecule is Cc1ccc(C)c(NS(=O)(=O)c2ccc(OCC(=O)N3CCN(C/C=C/c4ccccc4)CC3)cc2)c1. The van der Waals surface area contributed by atoms with Crippen LogP contribution in [0.4, 0.5) is 5.69 Å². The van der Waals surface area contributed by atoms with Gasteiger partial charge in [0.1, 0.15) is 5.75 Å². The lowest BCUT2D eigenvalue weighted by Gasteiger charge is -2.34. The number of ether oxygens (including phenoxy) is 1. The first-order chi connectivity index (χ1) is 17.8. The molecule has 0 bridgehead atoms. The van der Waals surface area contributed by atoms with Crippen LogP contribution in [0, 0.1) is 13.8 Å². The molecule has 1 amide bonds. The third-order valence-electron chi connectivity index (χ3n) is 6.33. The van der Waals surface area contributed by atoms with Crippen molar-refractivity contribution in [1.82, 2.24) is 9.80 Å². The van der Waals surface area contributed by atoms with E-state index in [0.29, 0.717) is 24.5 Å². The molecule has 3 aromatic rings. The van der Waals surface area contributed by atoms with Gasteiger partial charge in [-0.15, -0.1) is 0 Å². The van der Waals surface area contributed by atoms with Crippen LogP contribution in [0.2, 0.25) is 0 Å². The third kappa shape index (κ3) is 7.44. The van der Waals surface area contributed by atoms with Gasteiger partial charge in [0.2, 0.25) is 0 Å². The maximum Gasteiger partial charge on any atom is 0.261 e. The highest BCUT2D eigenvalue weighted by molar-refractivity contribution is 7.92. The van der Waals surface area contributed by atoms with Crippen molar-refractivity contribution in [2.45, 2.75) is 18.7 Å². The molecule has 1 heterocycles. The standard InChI is InChI=1S/C29H33N3O4S/c1-23-10-11-24(2)28(21-23)30-37(34,35)27-14-12-26(13-15-27)36-22-29(33)32-19-17-31(18-20-32)16-6-9-25-7-4-3-5-8-25/h3-15,21,30H,16-20,22H2,1-2H3/b9-6+. The summed E-state index contributed by atoms with van der Waals surface area (Å²) in [6, 6.07) is 21.9. The second kappa shape index (κ2) is 12.1. The van der Waals surface area contributed by atoms with E-state index < -0.39 is 10.0 Å². The van der Waals surface area contributed by atoms with Gasteiger partial charge in [-0.3, -0.25) is 14.4 Å². The molecule has 0 unspecified atom stereocenters. The molecule has 0 radical (unpaired) electrons. The van der Waals surface area contributed by atoms with Gasteiger partial charge in [0.05, 0.1) is 10.6 Å². The summed E-state index contributed by atoms with van der Waals surface area (Å²) >= 11 is 0. The lowest BCUT2D eigenvalue weighted by atomic mass is 10.1. The van der Waals surface area contributed by atoms with Gasteiger partial charge in [-0.1, -0.05) is 54.6 Å². The van der Waals surface area contributed by atoms with Crippen LogP contribution in [-0.4, -0.2) is 63.5 Å². The summed E-state index contributed by atoms with van der Waals surface area (Å²) in [5, 5.41) is 0. The fourth-order valence-corrected chi connectivity index (χ4v) is 5.20. The van der Waals surface area contributed by atoms with Crippen molar-refractivity contribution >= 4 is 27.7 Å². The van der Waals surface area contributed by atoms with Crippen molar-refractivity contribution in [2.24, 2.45) is 0 Å². The van der Waals surface area contributed by atoms with Crippen molar-refractivity contribution in [1.29, 1.82) is 0 Å². The van der Waals surface area contributed by atoms with E-state index in [1.807, 2.05) is 49.1 Å². The zero-order valence-electron chi connectivity index (χ0n) is 21.3. The number of benzene rings is 3. The number of carbonyl (C=O) groups excluding carboxylic acids is 1. The number of sulfonamides is 1. The Kier molecular flexibility index (Phi) is 8.63.